The van der Waals surface area contributed by atoms with Crippen molar-refractivity contribution in [3.63, 3.8) is 0 Å². The Balaban J connectivity index is 1.46. The number of hydrogen-bond acceptors (Lipinski definition) is 4. The second kappa shape index (κ2) is 9.21. The first kappa shape index (κ1) is 25.1. The zero-order valence-corrected chi connectivity index (χ0v) is 24.4. The summed E-state index contributed by atoms with van der Waals surface area (Å²) < 4.78 is 30.4. The number of nitrogens with one attached hydrogen (secondary N) is 1. The van der Waals surface area contributed by atoms with Gasteiger partial charge in [-0.2, -0.15) is 0 Å². The molecule has 192 valence electrons. The van der Waals surface area contributed by atoms with Crippen molar-refractivity contribution < 1.29 is 13.2 Å². The molecule has 0 bridgehead atoms. The molecular formula is C28H22Br2N4O3S. The molecule has 0 aliphatic carbocycles. The standard InChI is InChI=1S/C28H22Br2N4O3S/c1-16-3-7-19(8-4-16)38(36,37)34-15-23(21-10-6-18(30)12-25(21)34)26-14-32-27(28(35)33(26)2)22-13-31-24-11-17(29)5-9-20(22)24/h3-13,15,26,31H,14H2,1-2H3/t26-/m1/s1. The highest BCUT2D eigenvalue weighted by atomic mass is 79.9. The predicted molar refractivity (Wildman–Crippen MR) is 156 cm³/mol. The van der Waals surface area contributed by atoms with Gasteiger partial charge in [0.25, 0.3) is 15.9 Å². The van der Waals surface area contributed by atoms with E-state index in [0.717, 1.165) is 41.9 Å². The number of hydrogen-bond donors (Lipinski definition) is 1. The molecule has 6 rings (SSSR count). The lowest BCUT2D eigenvalue weighted by molar-refractivity contribution is -0.125. The van der Waals surface area contributed by atoms with E-state index in [0.29, 0.717) is 17.8 Å². The van der Waals surface area contributed by atoms with Gasteiger partial charge < -0.3 is 9.88 Å². The SMILES string of the molecule is Cc1ccc(S(=O)(=O)n2cc([C@H]3CN=C(c4c[nH]c5cc(Br)ccc45)C(=O)N3C)c3ccc(Br)cc32)cc1. The van der Waals surface area contributed by atoms with Crippen LogP contribution in [0.15, 0.2) is 91.9 Å². The fourth-order valence-corrected chi connectivity index (χ4v) is 7.04. The van der Waals surface area contributed by atoms with Crippen LogP contribution in [-0.2, 0) is 14.8 Å². The fraction of sp³-hybridized carbons (Fsp3) is 0.143. The molecule has 0 saturated carbocycles. The molecular weight excluding hydrogens is 632 g/mol. The number of rotatable bonds is 4. The van der Waals surface area contributed by atoms with Crippen LogP contribution in [0.25, 0.3) is 21.8 Å². The van der Waals surface area contributed by atoms with Crippen molar-refractivity contribution >= 4 is 75.3 Å². The average Bonchev–Trinajstić information content (AvgIpc) is 3.47. The first-order valence-corrected chi connectivity index (χ1v) is 14.9. The summed E-state index contributed by atoms with van der Waals surface area (Å²) >= 11 is 6.96. The van der Waals surface area contributed by atoms with Gasteiger partial charge in [0.05, 0.1) is 23.0 Å². The molecule has 5 aromatic rings. The third-order valence-electron chi connectivity index (χ3n) is 7.01. The number of carbonyl (C=O) groups excluding carboxylic acids is 1. The molecule has 1 N–H and O–H groups in total. The lowest BCUT2D eigenvalue weighted by Gasteiger charge is -2.31. The maximum Gasteiger partial charge on any atom is 0.273 e. The summed E-state index contributed by atoms with van der Waals surface area (Å²) in [6.07, 6.45) is 3.43. The van der Waals surface area contributed by atoms with Crippen molar-refractivity contribution in [3.05, 3.63) is 98.7 Å². The van der Waals surface area contributed by atoms with Gasteiger partial charge in [0.2, 0.25) is 0 Å². The highest BCUT2D eigenvalue weighted by molar-refractivity contribution is 9.10. The molecule has 2 aromatic heterocycles. The van der Waals surface area contributed by atoms with Crippen LogP contribution in [0.1, 0.15) is 22.7 Å². The number of aryl methyl sites for hydroxylation is 1. The smallest absolute Gasteiger partial charge is 0.273 e. The molecule has 0 unspecified atom stereocenters. The molecule has 0 radical (unpaired) electrons. The van der Waals surface area contributed by atoms with Gasteiger partial charge in [-0.3, -0.25) is 9.79 Å². The zero-order chi connectivity index (χ0) is 26.8. The minimum Gasteiger partial charge on any atom is -0.360 e. The second-order valence-corrected chi connectivity index (χ2v) is 13.0. The van der Waals surface area contributed by atoms with E-state index < -0.39 is 16.1 Å². The van der Waals surface area contributed by atoms with Gasteiger partial charge in [0, 0.05) is 55.8 Å². The van der Waals surface area contributed by atoms with E-state index in [-0.39, 0.29) is 10.8 Å². The number of aromatic nitrogens is 2. The Hall–Kier alpha value is -3.21. The van der Waals surface area contributed by atoms with E-state index in [1.165, 1.54) is 3.97 Å². The van der Waals surface area contributed by atoms with Crippen molar-refractivity contribution in [1.29, 1.82) is 0 Å². The lowest BCUT2D eigenvalue weighted by Crippen LogP contribution is -2.42. The highest BCUT2D eigenvalue weighted by Gasteiger charge is 2.34. The van der Waals surface area contributed by atoms with Crippen molar-refractivity contribution in [2.24, 2.45) is 4.99 Å². The number of H-pyrrole nitrogens is 1. The highest BCUT2D eigenvalue weighted by Crippen LogP contribution is 2.36. The number of aliphatic imine (C=N–C) groups is 1. The molecule has 0 fully saturated rings. The number of amides is 1. The fourth-order valence-electron chi connectivity index (χ4n) is 4.96. The van der Waals surface area contributed by atoms with Crippen molar-refractivity contribution in [2.45, 2.75) is 17.9 Å². The molecule has 1 aliphatic rings. The molecule has 0 spiro atoms. The number of benzene rings is 3. The summed E-state index contributed by atoms with van der Waals surface area (Å²) in [5.74, 6) is -0.218. The van der Waals surface area contributed by atoms with Gasteiger partial charge in [-0.1, -0.05) is 61.7 Å². The topological polar surface area (TPSA) is 87.5 Å². The maximum atomic E-state index is 13.7. The molecule has 1 aliphatic heterocycles. The monoisotopic (exact) mass is 652 g/mol. The Morgan fingerprint density at radius 1 is 0.974 bits per heavy atom. The number of likely N-dealkylation sites (N-methyl/N-ethyl adjacent to an activating group) is 1. The first-order chi connectivity index (χ1) is 18.1. The van der Waals surface area contributed by atoms with Crippen LogP contribution in [0.4, 0.5) is 0 Å². The molecule has 1 amide bonds. The number of halogens is 2. The summed E-state index contributed by atoms with van der Waals surface area (Å²) in [7, 11) is -2.13. The Labute approximate surface area is 236 Å². The van der Waals surface area contributed by atoms with Gasteiger partial charge in [-0.05, 0) is 43.3 Å². The Morgan fingerprint density at radius 3 is 2.39 bits per heavy atom. The number of fused-ring (bicyclic) bond motifs is 2. The van der Waals surface area contributed by atoms with Gasteiger partial charge in [-0.15, -0.1) is 0 Å². The van der Waals surface area contributed by atoms with Crippen LogP contribution in [0, 0.1) is 6.92 Å². The van der Waals surface area contributed by atoms with Crippen LogP contribution in [0.5, 0.6) is 0 Å². The summed E-state index contributed by atoms with van der Waals surface area (Å²) in [5, 5.41) is 1.67. The third kappa shape index (κ3) is 4.02. The van der Waals surface area contributed by atoms with E-state index in [1.807, 2.05) is 37.3 Å². The second-order valence-electron chi connectivity index (χ2n) is 9.37. The van der Waals surface area contributed by atoms with Crippen molar-refractivity contribution in [1.82, 2.24) is 13.9 Å². The van der Waals surface area contributed by atoms with E-state index >= 15 is 0 Å². The Bertz CT molecular complexity index is 1890. The number of nitrogens with zero attached hydrogens (tertiary/aromatic N) is 3. The molecule has 0 saturated heterocycles. The molecule has 7 nitrogen and oxygen atoms in total. The summed E-state index contributed by atoms with van der Waals surface area (Å²) in [4.78, 5) is 23.4. The van der Waals surface area contributed by atoms with Crippen molar-refractivity contribution in [3.8, 4) is 0 Å². The quantitative estimate of drug-likeness (QED) is 0.251. The normalized spacial score (nSPS) is 16.4. The Morgan fingerprint density at radius 2 is 1.66 bits per heavy atom. The van der Waals surface area contributed by atoms with Gasteiger partial charge in [0.15, 0.2) is 0 Å². The minimum atomic E-state index is -3.87. The van der Waals surface area contributed by atoms with E-state index in [2.05, 4.69) is 36.8 Å². The van der Waals surface area contributed by atoms with Gasteiger partial charge >= 0.3 is 0 Å². The van der Waals surface area contributed by atoms with Crippen LogP contribution in [0.3, 0.4) is 0 Å². The van der Waals surface area contributed by atoms with Gasteiger partial charge in [0.1, 0.15) is 5.71 Å². The van der Waals surface area contributed by atoms with Crippen LogP contribution in [0.2, 0.25) is 0 Å². The van der Waals surface area contributed by atoms with Crippen LogP contribution < -0.4 is 0 Å². The lowest BCUT2D eigenvalue weighted by atomic mass is 10.00. The van der Waals surface area contributed by atoms with Gasteiger partial charge in [-0.25, -0.2) is 12.4 Å². The zero-order valence-electron chi connectivity index (χ0n) is 20.4. The number of aromatic amines is 1. The Kier molecular flexibility index (Phi) is 6.08. The van der Waals surface area contributed by atoms with E-state index in [1.54, 1.807) is 54.7 Å². The molecule has 3 heterocycles. The largest absolute Gasteiger partial charge is 0.360 e. The minimum absolute atomic E-state index is 0.200. The third-order valence-corrected chi connectivity index (χ3v) is 9.69. The van der Waals surface area contributed by atoms with E-state index in [4.69, 9.17) is 4.99 Å². The molecule has 3 aromatic carbocycles. The molecule has 1 atom stereocenters. The molecule has 38 heavy (non-hydrogen) atoms. The van der Waals surface area contributed by atoms with Crippen LogP contribution >= 0.6 is 31.9 Å². The first-order valence-electron chi connectivity index (χ1n) is 11.9. The number of carbonyl (C=O) groups is 1. The maximum absolute atomic E-state index is 13.7. The van der Waals surface area contributed by atoms with Crippen molar-refractivity contribution in [2.75, 3.05) is 13.6 Å². The summed E-state index contributed by atoms with van der Waals surface area (Å²) in [6.45, 7) is 2.22. The van der Waals surface area contributed by atoms with E-state index in [9.17, 15) is 13.2 Å². The summed E-state index contributed by atoms with van der Waals surface area (Å²) in [5.41, 5.74) is 4.28. The van der Waals surface area contributed by atoms with Crippen LogP contribution in [-0.4, -0.2) is 47.5 Å². The average molecular weight is 654 g/mol. The predicted octanol–water partition coefficient (Wildman–Crippen LogP) is 6.20. The molecule has 10 heteroatoms. The summed E-state index contributed by atoms with van der Waals surface area (Å²) in [6, 6.07) is 17.7.